The van der Waals surface area contributed by atoms with Crippen molar-refractivity contribution in [2.75, 3.05) is 25.9 Å². The van der Waals surface area contributed by atoms with Crippen LogP contribution in [0, 0.1) is 12.7 Å². The number of carbonyl (C=O) groups is 1. The first kappa shape index (κ1) is 18.0. The molecule has 1 atom stereocenters. The van der Waals surface area contributed by atoms with Gasteiger partial charge in [-0.05, 0) is 37.2 Å². The Kier molecular flexibility index (Phi) is 5.76. The first-order valence-electron chi connectivity index (χ1n) is 8.43. The van der Waals surface area contributed by atoms with Crippen molar-refractivity contribution in [3.8, 4) is 0 Å². The van der Waals surface area contributed by atoms with E-state index < -0.39 is 0 Å². The molecule has 0 aromatic heterocycles. The summed E-state index contributed by atoms with van der Waals surface area (Å²) >= 11 is 1.73. The van der Waals surface area contributed by atoms with Gasteiger partial charge in [-0.3, -0.25) is 9.69 Å². The molecule has 3 rings (SSSR count). The number of halogens is 1. The molecule has 0 unspecified atom stereocenters. The molecule has 3 nitrogen and oxygen atoms in total. The Bertz CT molecular complexity index is 717. The molecule has 0 saturated carbocycles. The van der Waals surface area contributed by atoms with Gasteiger partial charge in [0, 0.05) is 18.8 Å². The highest BCUT2D eigenvalue weighted by atomic mass is 32.2. The van der Waals surface area contributed by atoms with Crippen LogP contribution >= 0.6 is 11.8 Å². The van der Waals surface area contributed by atoms with Gasteiger partial charge in [-0.1, -0.05) is 42.0 Å². The van der Waals surface area contributed by atoms with Gasteiger partial charge < -0.3 is 4.90 Å². The van der Waals surface area contributed by atoms with Gasteiger partial charge in [0.05, 0.1) is 6.54 Å². The fraction of sp³-hybridized carbons (Fsp3) is 0.350. The Balaban J connectivity index is 1.61. The van der Waals surface area contributed by atoms with Gasteiger partial charge in [0.25, 0.3) is 0 Å². The van der Waals surface area contributed by atoms with Crippen LogP contribution in [0.4, 0.5) is 4.39 Å². The van der Waals surface area contributed by atoms with Gasteiger partial charge in [-0.15, -0.1) is 11.8 Å². The highest BCUT2D eigenvalue weighted by molar-refractivity contribution is 7.99. The lowest BCUT2D eigenvalue weighted by molar-refractivity contribution is -0.132. The molecule has 1 fully saturated rings. The molecule has 0 radical (unpaired) electrons. The molecule has 0 N–H and O–H groups in total. The lowest BCUT2D eigenvalue weighted by Gasteiger charge is -2.26. The maximum absolute atomic E-state index is 13.1. The number of hydrogen-bond acceptors (Lipinski definition) is 3. The Labute approximate surface area is 152 Å². The summed E-state index contributed by atoms with van der Waals surface area (Å²) in [5.41, 5.74) is 3.42. The molecule has 1 aliphatic heterocycles. The molecule has 25 heavy (non-hydrogen) atoms. The molecule has 5 heteroatoms. The van der Waals surface area contributed by atoms with E-state index in [0.29, 0.717) is 6.54 Å². The molecule has 2 aromatic carbocycles. The SMILES string of the molecule is Cc1ccc(CN(C)CC(=O)N2CCS[C@H]2c2ccc(F)cc2)cc1. The average Bonchev–Trinajstić information content (AvgIpc) is 3.07. The summed E-state index contributed by atoms with van der Waals surface area (Å²) in [6, 6.07) is 14.8. The van der Waals surface area contributed by atoms with Crippen LogP contribution in [0.5, 0.6) is 0 Å². The van der Waals surface area contributed by atoms with E-state index in [1.54, 1.807) is 23.9 Å². The quantitative estimate of drug-likeness (QED) is 0.811. The van der Waals surface area contributed by atoms with Gasteiger partial charge in [0.1, 0.15) is 11.2 Å². The first-order chi connectivity index (χ1) is 12.0. The highest BCUT2D eigenvalue weighted by Gasteiger charge is 2.30. The van der Waals surface area contributed by atoms with Crippen LogP contribution in [0.2, 0.25) is 0 Å². The maximum atomic E-state index is 13.1. The van der Waals surface area contributed by atoms with Gasteiger partial charge in [-0.2, -0.15) is 0 Å². The lowest BCUT2D eigenvalue weighted by Crippen LogP contribution is -2.38. The fourth-order valence-electron chi connectivity index (χ4n) is 3.01. The second kappa shape index (κ2) is 8.02. The summed E-state index contributed by atoms with van der Waals surface area (Å²) in [4.78, 5) is 16.7. The molecular formula is C20H23FN2OS. The molecule has 0 bridgehead atoms. The molecule has 1 saturated heterocycles. The summed E-state index contributed by atoms with van der Waals surface area (Å²) in [5.74, 6) is 0.784. The Morgan fingerprint density at radius 3 is 2.56 bits per heavy atom. The maximum Gasteiger partial charge on any atom is 0.237 e. The third-order valence-corrected chi connectivity index (χ3v) is 5.61. The second-order valence-corrected chi connectivity index (χ2v) is 7.71. The third-order valence-electron chi connectivity index (χ3n) is 4.34. The van der Waals surface area contributed by atoms with Gasteiger partial charge in [-0.25, -0.2) is 4.39 Å². The molecule has 1 amide bonds. The van der Waals surface area contributed by atoms with Crippen molar-refractivity contribution in [3.63, 3.8) is 0 Å². The average molecular weight is 358 g/mol. The van der Waals surface area contributed by atoms with Crippen LogP contribution in [0.1, 0.15) is 22.1 Å². The smallest absolute Gasteiger partial charge is 0.237 e. The zero-order valence-corrected chi connectivity index (χ0v) is 15.4. The standard InChI is InChI=1S/C20H23FN2OS/c1-15-3-5-16(6-4-15)13-22(2)14-19(24)23-11-12-25-20(23)17-7-9-18(21)10-8-17/h3-10,20H,11-14H2,1-2H3/t20-/m0/s1. The summed E-state index contributed by atoms with van der Waals surface area (Å²) in [6.07, 6.45) is 0. The lowest BCUT2D eigenvalue weighted by atomic mass is 10.1. The molecule has 2 aromatic rings. The molecule has 1 heterocycles. The van der Waals surface area contributed by atoms with Crippen LogP contribution in [0.3, 0.4) is 0 Å². The van der Waals surface area contributed by atoms with E-state index in [2.05, 4.69) is 31.2 Å². The van der Waals surface area contributed by atoms with E-state index in [-0.39, 0.29) is 17.1 Å². The number of nitrogens with zero attached hydrogens (tertiary/aromatic N) is 2. The van der Waals surface area contributed by atoms with E-state index in [1.807, 2.05) is 16.8 Å². The number of amides is 1. The zero-order chi connectivity index (χ0) is 17.8. The summed E-state index contributed by atoms with van der Waals surface area (Å²) in [6.45, 7) is 3.93. The van der Waals surface area contributed by atoms with Gasteiger partial charge >= 0.3 is 0 Å². The normalized spacial score (nSPS) is 17.3. The van der Waals surface area contributed by atoms with Crippen LogP contribution in [0.15, 0.2) is 48.5 Å². The van der Waals surface area contributed by atoms with E-state index >= 15 is 0 Å². The van der Waals surface area contributed by atoms with Crippen molar-refractivity contribution < 1.29 is 9.18 Å². The number of rotatable bonds is 5. The van der Waals surface area contributed by atoms with Crippen molar-refractivity contribution in [1.29, 1.82) is 0 Å². The van der Waals surface area contributed by atoms with Crippen molar-refractivity contribution in [2.24, 2.45) is 0 Å². The van der Waals surface area contributed by atoms with Crippen molar-refractivity contribution in [1.82, 2.24) is 9.80 Å². The number of hydrogen-bond donors (Lipinski definition) is 0. The summed E-state index contributed by atoms with van der Waals surface area (Å²) < 4.78 is 13.1. The number of thioether (sulfide) groups is 1. The van der Waals surface area contributed by atoms with E-state index in [4.69, 9.17) is 0 Å². The van der Waals surface area contributed by atoms with Crippen LogP contribution < -0.4 is 0 Å². The zero-order valence-electron chi connectivity index (χ0n) is 14.6. The highest BCUT2D eigenvalue weighted by Crippen LogP contribution is 2.37. The summed E-state index contributed by atoms with van der Waals surface area (Å²) in [5, 5.41) is -0.0131. The Morgan fingerprint density at radius 2 is 1.88 bits per heavy atom. The van der Waals surface area contributed by atoms with E-state index in [0.717, 1.165) is 24.4 Å². The molecule has 0 spiro atoms. The Morgan fingerprint density at radius 1 is 1.20 bits per heavy atom. The number of benzene rings is 2. The molecule has 1 aliphatic rings. The molecule has 0 aliphatic carbocycles. The minimum Gasteiger partial charge on any atom is -0.325 e. The van der Waals surface area contributed by atoms with Crippen molar-refractivity contribution >= 4 is 17.7 Å². The minimum absolute atomic E-state index is 0.0131. The van der Waals surface area contributed by atoms with E-state index in [9.17, 15) is 9.18 Å². The molecular weight excluding hydrogens is 335 g/mol. The molecule has 132 valence electrons. The van der Waals surface area contributed by atoms with Gasteiger partial charge in [0.2, 0.25) is 5.91 Å². The minimum atomic E-state index is -0.248. The number of likely N-dealkylation sites (N-methyl/N-ethyl adjacent to an activating group) is 1. The first-order valence-corrected chi connectivity index (χ1v) is 9.48. The third kappa shape index (κ3) is 4.61. The number of aryl methyl sites for hydroxylation is 1. The van der Waals surface area contributed by atoms with E-state index in [1.165, 1.54) is 23.3 Å². The number of carbonyl (C=O) groups excluding carboxylic acids is 1. The second-order valence-electron chi connectivity index (χ2n) is 6.52. The predicted molar refractivity (Wildman–Crippen MR) is 101 cm³/mol. The van der Waals surface area contributed by atoms with Crippen LogP contribution in [0.25, 0.3) is 0 Å². The summed E-state index contributed by atoms with van der Waals surface area (Å²) in [7, 11) is 1.97. The van der Waals surface area contributed by atoms with Crippen LogP contribution in [-0.4, -0.2) is 41.6 Å². The Hall–Kier alpha value is -1.85. The fourth-order valence-corrected chi connectivity index (χ4v) is 4.29. The predicted octanol–water partition coefficient (Wildman–Crippen LogP) is 3.84. The van der Waals surface area contributed by atoms with Crippen molar-refractivity contribution in [2.45, 2.75) is 18.8 Å². The van der Waals surface area contributed by atoms with Gasteiger partial charge in [0.15, 0.2) is 0 Å². The topological polar surface area (TPSA) is 23.6 Å². The van der Waals surface area contributed by atoms with Crippen LogP contribution in [-0.2, 0) is 11.3 Å². The monoisotopic (exact) mass is 358 g/mol. The largest absolute Gasteiger partial charge is 0.325 e. The van der Waals surface area contributed by atoms with Crippen molar-refractivity contribution in [3.05, 3.63) is 71.0 Å².